The van der Waals surface area contributed by atoms with Crippen LogP contribution in [0.15, 0.2) is 48.5 Å². The molecule has 2 aromatic carbocycles. The zero-order chi connectivity index (χ0) is 28.4. The van der Waals surface area contributed by atoms with Crippen molar-refractivity contribution in [2.75, 3.05) is 26.1 Å². The number of sulfonamides is 1. The zero-order valence-electron chi connectivity index (χ0n) is 22.2. The number of esters is 1. The van der Waals surface area contributed by atoms with Crippen LogP contribution >= 0.6 is 23.2 Å². The zero-order valence-corrected chi connectivity index (χ0v) is 24.6. The number of likely N-dealkylation sites (tertiary alicyclic amines) is 1. The van der Waals surface area contributed by atoms with Gasteiger partial charge in [0.1, 0.15) is 0 Å². The van der Waals surface area contributed by atoms with E-state index in [2.05, 4.69) is 4.72 Å². The third-order valence-electron chi connectivity index (χ3n) is 7.61. The molecule has 0 aromatic heterocycles. The summed E-state index contributed by atoms with van der Waals surface area (Å²) >= 11 is 12.6. The monoisotopic (exact) mass is 596 g/mol. The van der Waals surface area contributed by atoms with Gasteiger partial charge < -0.3 is 14.4 Å². The Morgan fingerprint density at radius 2 is 1.85 bits per heavy atom. The van der Waals surface area contributed by atoms with Gasteiger partial charge in [-0.05, 0) is 48.2 Å². The van der Waals surface area contributed by atoms with Gasteiger partial charge in [-0.15, -0.1) is 0 Å². The van der Waals surface area contributed by atoms with Crippen molar-refractivity contribution in [2.24, 2.45) is 5.41 Å². The van der Waals surface area contributed by atoms with E-state index in [4.69, 9.17) is 32.7 Å². The van der Waals surface area contributed by atoms with Crippen molar-refractivity contribution in [2.45, 2.75) is 57.2 Å². The largest absolute Gasteiger partial charge is 0.469 e. The van der Waals surface area contributed by atoms with Crippen LogP contribution in [0.25, 0.3) is 0 Å². The molecule has 1 N–H and O–H groups in total. The number of piperidine rings is 1. The number of carbonyl (C=O) groups is 2. The van der Waals surface area contributed by atoms with Crippen LogP contribution in [0, 0.1) is 5.41 Å². The molecule has 0 saturated carbocycles. The van der Waals surface area contributed by atoms with Gasteiger partial charge in [0.15, 0.2) is 0 Å². The first-order valence-corrected chi connectivity index (χ1v) is 15.4. The molecule has 0 bridgehead atoms. The summed E-state index contributed by atoms with van der Waals surface area (Å²) in [5, 5.41) is 1.09. The second-order valence-electron chi connectivity index (χ2n) is 10.6. The molecule has 212 valence electrons. The highest BCUT2D eigenvalue weighted by Crippen LogP contribution is 2.52. The van der Waals surface area contributed by atoms with Gasteiger partial charge in [0.2, 0.25) is 15.9 Å². The Morgan fingerprint density at radius 3 is 2.41 bits per heavy atom. The summed E-state index contributed by atoms with van der Waals surface area (Å²) in [6.07, 6.45) is 0.588. The Hall–Kier alpha value is -2.17. The van der Waals surface area contributed by atoms with E-state index < -0.39 is 33.5 Å². The van der Waals surface area contributed by atoms with E-state index in [1.807, 2.05) is 37.3 Å². The van der Waals surface area contributed by atoms with Crippen LogP contribution in [0.2, 0.25) is 10.0 Å². The first-order valence-electron chi connectivity index (χ1n) is 12.9. The van der Waals surface area contributed by atoms with Crippen LogP contribution < -0.4 is 4.72 Å². The quantitative estimate of drug-likeness (QED) is 0.398. The van der Waals surface area contributed by atoms with E-state index >= 15 is 0 Å². The molecular weight excluding hydrogens is 563 g/mol. The molecule has 2 saturated heterocycles. The van der Waals surface area contributed by atoms with Crippen molar-refractivity contribution in [1.82, 2.24) is 9.62 Å². The first kappa shape index (κ1) is 29.8. The molecule has 2 aliphatic heterocycles. The topological polar surface area (TPSA) is 102 Å². The highest BCUT2D eigenvalue weighted by Gasteiger charge is 2.53. The fourth-order valence-corrected chi connectivity index (χ4v) is 7.56. The molecule has 0 spiro atoms. The van der Waals surface area contributed by atoms with Crippen LogP contribution in [-0.2, 0) is 29.1 Å². The predicted octanol–water partition coefficient (Wildman–Crippen LogP) is 4.72. The van der Waals surface area contributed by atoms with Crippen LogP contribution in [0.3, 0.4) is 0 Å². The summed E-state index contributed by atoms with van der Waals surface area (Å²) in [5.41, 5.74) is 0.572. The molecule has 11 heteroatoms. The maximum atomic E-state index is 14.4. The molecule has 1 amide bonds. The molecule has 2 fully saturated rings. The molecule has 0 radical (unpaired) electrons. The number of nitrogens with one attached hydrogen (secondary N) is 1. The summed E-state index contributed by atoms with van der Waals surface area (Å²) in [6, 6.07) is 13.2. The number of nitrogens with zero attached hydrogens (tertiary/aromatic N) is 1. The number of methoxy groups -OCH3 is 1. The molecule has 2 aromatic rings. The lowest BCUT2D eigenvalue weighted by Crippen LogP contribution is -2.58. The van der Waals surface area contributed by atoms with Gasteiger partial charge in [-0.2, -0.15) is 0 Å². The van der Waals surface area contributed by atoms with Crippen LogP contribution in [0.4, 0.5) is 0 Å². The van der Waals surface area contributed by atoms with Crippen molar-refractivity contribution in [3.63, 3.8) is 0 Å². The molecule has 4 rings (SSSR count). The number of carbonyl (C=O) groups excluding carboxylic acids is 2. The molecule has 2 heterocycles. The Morgan fingerprint density at radius 1 is 1.15 bits per heavy atom. The predicted molar refractivity (Wildman–Crippen MR) is 150 cm³/mol. The van der Waals surface area contributed by atoms with Crippen molar-refractivity contribution < 1.29 is 27.5 Å². The number of ether oxygens (including phenoxy) is 2. The second-order valence-corrected chi connectivity index (χ2v) is 13.3. The highest BCUT2D eigenvalue weighted by molar-refractivity contribution is 7.89. The van der Waals surface area contributed by atoms with E-state index in [0.717, 1.165) is 11.1 Å². The van der Waals surface area contributed by atoms with E-state index in [0.29, 0.717) is 36.1 Å². The van der Waals surface area contributed by atoms with Crippen LogP contribution in [0.5, 0.6) is 0 Å². The molecule has 0 unspecified atom stereocenters. The minimum absolute atomic E-state index is 0.135. The third-order valence-corrected chi connectivity index (χ3v) is 9.62. The first-order chi connectivity index (χ1) is 18.5. The lowest BCUT2D eigenvalue weighted by Gasteiger charge is -2.52. The summed E-state index contributed by atoms with van der Waals surface area (Å²) in [5.74, 6) is -1.37. The Bertz CT molecular complexity index is 1300. The van der Waals surface area contributed by atoms with Gasteiger partial charge in [0.05, 0.1) is 50.0 Å². The number of benzene rings is 2. The lowest BCUT2D eigenvalue weighted by molar-refractivity contribution is -0.161. The molecule has 0 aliphatic carbocycles. The number of hydrogen-bond acceptors (Lipinski definition) is 6. The molecule has 4 atom stereocenters. The van der Waals surface area contributed by atoms with Gasteiger partial charge in [0.25, 0.3) is 0 Å². The van der Waals surface area contributed by atoms with Crippen molar-refractivity contribution in [3.05, 3.63) is 69.7 Å². The Kier molecular flexibility index (Phi) is 9.28. The number of rotatable bonds is 10. The molecule has 2 aliphatic rings. The molecule has 8 nitrogen and oxygen atoms in total. The van der Waals surface area contributed by atoms with Crippen LogP contribution in [0.1, 0.15) is 56.2 Å². The normalized spacial score (nSPS) is 24.7. The maximum Gasteiger partial charge on any atom is 0.306 e. The summed E-state index contributed by atoms with van der Waals surface area (Å²) < 4.78 is 39.2. The molecular formula is C28H34Cl2N2O6S. The van der Waals surface area contributed by atoms with Gasteiger partial charge >= 0.3 is 5.97 Å². The van der Waals surface area contributed by atoms with Gasteiger partial charge in [-0.25, -0.2) is 13.1 Å². The minimum atomic E-state index is -3.75. The average Bonchev–Trinajstić information content (AvgIpc) is 2.87. The van der Waals surface area contributed by atoms with Gasteiger partial charge in [0, 0.05) is 22.0 Å². The van der Waals surface area contributed by atoms with Crippen molar-refractivity contribution in [1.29, 1.82) is 0 Å². The Balaban J connectivity index is 1.85. The standard InChI is InChI=1S/C28H34Cl2N2O6S/c1-4-23(17-39(35,36)31-22-15-38-16-22)32-26(18-8-10-20(29)11-9-18)24(19-6-5-7-21(30)12-19)13-28(2,27(32)34)14-25(33)37-3/h5-12,22-24,26,31H,4,13-17H2,1-3H3/t23-,24+,26+,28-/m0/s1. The lowest BCUT2D eigenvalue weighted by atomic mass is 9.67. The number of hydrogen-bond donors (Lipinski definition) is 1. The van der Waals surface area contributed by atoms with E-state index in [1.165, 1.54) is 7.11 Å². The number of halogens is 2. The average molecular weight is 598 g/mol. The minimum Gasteiger partial charge on any atom is -0.469 e. The van der Waals surface area contributed by atoms with Crippen molar-refractivity contribution >= 4 is 45.1 Å². The highest BCUT2D eigenvalue weighted by atomic mass is 35.5. The van der Waals surface area contributed by atoms with Crippen LogP contribution in [-0.4, -0.2) is 63.4 Å². The third kappa shape index (κ3) is 6.77. The fraction of sp³-hybridized carbons (Fsp3) is 0.500. The number of amides is 1. The van der Waals surface area contributed by atoms with Crippen molar-refractivity contribution in [3.8, 4) is 0 Å². The van der Waals surface area contributed by atoms with E-state index in [-0.39, 0.29) is 30.0 Å². The van der Waals surface area contributed by atoms with Gasteiger partial charge in [-0.1, -0.05) is 61.3 Å². The maximum absolute atomic E-state index is 14.4. The molecule has 39 heavy (non-hydrogen) atoms. The van der Waals surface area contributed by atoms with Gasteiger partial charge in [-0.3, -0.25) is 9.59 Å². The fourth-order valence-electron chi connectivity index (χ4n) is 5.59. The second kappa shape index (κ2) is 12.1. The summed E-state index contributed by atoms with van der Waals surface area (Å²) in [7, 11) is -2.46. The summed E-state index contributed by atoms with van der Waals surface area (Å²) in [6.45, 7) is 4.25. The summed E-state index contributed by atoms with van der Waals surface area (Å²) in [4.78, 5) is 28.6. The smallest absolute Gasteiger partial charge is 0.306 e. The van der Waals surface area contributed by atoms with E-state index in [1.54, 1.807) is 30.0 Å². The SMILES string of the molecule is CC[C@@H](CS(=O)(=O)NC1COC1)N1C(=O)[C@](C)(CC(=O)OC)C[C@H](c2cccc(Cl)c2)[C@H]1c1ccc(Cl)cc1. The van der Waals surface area contributed by atoms with E-state index in [9.17, 15) is 18.0 Å². The Labute approximate surface area is 240 Å².